The van der Waals surface area contributed by atoms with Crippen LogP contribution in [0.2, 0.25) is 5.02 Å². The van der Waals surface area contributed by atoms with Gasteiger partial charge in [-0.2, -0.15) is 0 Å². The summed E-state index contributed by atoms with van der Waals surface area (Å²) in [6.45, 7) is 0. The minimum absolute atomic E-state index is 0.119. The second-order valence-corrected chi connectivity index (χ2v) is 5.58. The summed E-state index contributed by atoms with van der Waals surface area (Å²) in [5.41, 5.74) is 0. The van der Waals surface area contributed by atoms with E-state index in [4.69, 9.17) is 11.6 Å². The van der Waals surface area contributed by atoms with Crippen LogP contribution in [0.3, 0.4) is 0 Å². The molecular formula is C11H11ClO2S. The third-order valence-corrected chi connectivity index (χ3v) is 3.93. The van der Waals surface area contributed by atoms with E-state index in [0.29, 0.717) is 9.92 Å². The molecule has 1 saturated carbocycles. The molecule has 1 aliphatic rings. The highest BCUT2D eigenvalue weighted by Gasteiger charge is 2.30. The van der Waals surface area contributed by atoms with Gasteiger partial charge >= 0.3 is 0 Å². The third-order valence-electron chi connectivity index (χ3n) is 2.37. The molecule has 0 spiro atoms. The second kappa shape index (κ2) is 4.45. The summed E-state index contributed by atoms with van der Waals surface area (Å²) in [5, 5.41) is 0.555. The molecule has 1 fully saturated rings. The smallest absolute Gasteiger partial charge is 0.148 e. The Morgan fingerprint density at radius 1 is 1.47 bits per heavy atom. The molecule has 1 aliphatic carbocycles. The number of carbonyl (C=O) groups excluding carboxylic acids is 1. The molecule has 0 aliphatic heterocycles. The lowest BCUT2D eigenvalue weighted by molar-refractivity contribution is -0.117. The molecule has 2 rings (SSSR count). The van der Waals surface area contributed by atoms with Crippen molar-refractivity contribution in [1.82, 2.24) is 0 Å². The van der Waals surface area contributed by atoms with Crippen LogP contribution in [0.1, 0.15) is 12.8 Å². The van der Waals surface area contributed by atoms with E-state index >= 15 is 0 Å². The zero-order valence-electron chi connectivity index (χ0n) is 8.11. The Morgan fingerprint density at radius 2 is 2.20 bits per heavy atom. The number of Topliss-reactive ketones (excluding diaryl/α,β-unsaturated/α-hetero) is 1. The van der Waals surface area contributed by atoms with Gasteiger partial charge in [0, 0.05) is 15.8 Å². The Morgan fingerprint density at radius 3 is 2.80 bits per heavy atom. The van der Waals surface area contributed by atoms with Crippen LogP contribution in [-0.4, -0.2) is 15.7 Å². The number of hydrogen-bond donors (Lipinski definition) is 0. The summed E-state index contributed by atoms with van der Waals surface area (Å²) in [5.74, 6) is 0.423. The minimum Gasteiger partial charge on any atom is -0.298 e. The van der Waals surface area contributed by atoms with Crippen molar-refractivity contribution in [2.45, 2.75) is 17.7 Å². The van der Waals surface area contributed by atoms with E-state index < -0.39 is 10.8 Å². The molecule has 1 aromatic carbocycles. The average Bonchev–Trinajstić information content (AvgIpc) is 3.00. The summed E-state index contributed by atoms with van der Waals surface area (Å²) in [7, 11) is -1.24. The zero-order valence-corrected chi connectivity index (χ0v) is 9.68. The Hall–Kier alpha value is -0.670. The van der Waals surface area contributed by atoms with Crippen LogP contribution in [0.5, 0.6) is 0 Å². The van der Waals surface area contributed by atoms with E-state index in [1.54, 1.807) is 24.3 Å². The molecule has 15 heavy (non-hydrogen) atoms. The number of hydrogen-bond acceptors (Lipinski definition) is 2. The van der Waals surface area contributed by atoms with E-state index in [1.807, 2.05) is 0 Å². The summed E-state index contributed by atoms with van der Waals surface area (Å²) < 4.78 is 11.8. The molecule has 0 saturated heterocycles. The molecule has 0 radical (unpaired) electrons. The lowest BCUT2D eigenvalue weighted by Crippen LogP contribution is -2.12. The highest BCUT2D eigenvalue weighted by atomic mass is 35.5. The summed E-state index contributed by atoms with van der Waals surface area (Å²) in [4.78, 5) is 12.1. The van der Waals surface area contributed by atoms with Gasteiger partial charge in [0.15, 0.2) is 0 Å². The standard InChI is InChI=1S/C11H11ClO2S/c12-9-2-1-3-10(6-9)15(14)7-11(13)8-4-5-8/h1-3,6,8H,4-5,7H2. The molecule has 0 N–H and O–H groups in total. The fourth-order valence-corrected chi connectivity index (χ4v) is 2.75. The average molecular weight is 243 g/mol. The van der Waals surface area contributed by atoms with Crippen molar-refractivity contribution in [3.8, 4) is 0 Å². The van der Waals surface area contributed by atoms with Crippen LogP contribution in [0.4, 0.5) is 0 Å². The first-order valence-corrected chi connectivity index (χ1v) is 6.53. The van der Waals surface area contributed by atoms with Crippen LogP contribution in [0.15, 0.2) is 29.2 Å². The van der Waals surface area contributed by atoms with Gasteiger partial charge in [-0.25, -0.2) is 0 Å². The van der Waals surface area contributed by atoms with Crippen molar-refractivity contribution in [3.63, 3.8) is 0 Å². The van der Waals surface area contributed by atoms with Crippen molar-refractivity contribution >= 4 is 28.2 Å². The number of halogens is 1. The van der Waals surface area contributed by atoms with Gasteiger partial charge in [-0.3, -0.25) is 9.00 Å². The van der Waals surface area contributed by atoms with Crippen molar-refractivity contribution in [2.75, 3.05) is 5.75 Å². The van der Waals surface area contributed by atoms with Gasteiger partial charge in [0.2, 0.25) is 0 Å². The van der Waals surface area contributed by atoms with Crippen molar-refractivity contribution in [3.05, 3.63) is 29.3 Å². The lowest BCUT2D eigenvalue weighted by Gasteiger charge is -2.01. The molecule has 1 atom stereocenters. The summed E-state index contributed by atoms with van der Waals surface area (Å²) in [6, 6.07) is 6.86. The number of benzene rings is 1. The first-order valence-electron chi connectivity index (χ1n) is 4.83. The normalized spacial score (nSPS) is 17.4. The fourth-order valence-electron chi connectivity index (χ4n) is 1.34. The molecule has 0 amide bonds. The van der Waals surface area contributed by atoms with Crippen molar-refractivity contribution in [2.24, 2.45) is 5.92 Å². The Bertz CT molecular complexity index is 413. The quantitative estimate of drug-likeness (QED) is 0.813. The number of ketones is 1. The van der Waals surface area contributed by atoms with Gasteiger partial charge in [-0.15, -0.1) is 0 Å². The number of rotatable bonds is 4. The first kappa shape index (κ1) is 10.8. The highest BCUT2D eigenvalue weighted by molar-refractivity contribution is 7.85. The molecule has 0 bridgehead atoms. The van der Waals surface area contributed by atoms with Crippen molar-refractivity contribution < 1.29 is 9.00 Å². The van der Waals surface area contributed by atoms with E-state index in [9.17, 15) is 9.00 Å². The van der Waals surface area contributed by atoms with E-state index in [1.165, 1.54) is 0 Å². The van der Waals surface area contributed by atoms with E-state index in [-0.39, 0.29) is 17.5 Å². The van der Waals surface area contributed by atoms with E-state index in [2.05, 4.69) is 0 Å². The lowest BCUT2D eigenvalue weighted by atomic mass is 10.3. The van der Waals surface area contributed by atoms with Gasteiger partial charge in [-0.1, -0.05) is 17.7 Å². The molecular weight excluding hydrogens is 232 g/mol. The van der Waals surface area contributed by atoms with Crippen LogP contribution in [0, 0.1) is 5.92 Å². The van der Waals surface area contributed by atoms with Gasteiger partial charge in [0.25, 0.3) is 0 Å². The maximum absolute atomic E-state index is 11.8. The third kappa shape index (κ3) is 2.89. The molecule has 2 nitrogen and oxygen atoms in total. The second-order valence-electron chi connectivity index (χ2n) is 3.69. The predicted molar refractivity (Wildman–Crippen MR) is 60.5 cm³/mol. The highest BCUT2D eigenvalue weighted by Crippen LogP contribution is 2.30. The Balaban J connectivity index is 2.03. The van der Waals surface area contributed by atoms with Crippen LogP contribution in [-0.2, 0) is 15.6 Å². The molecule has 1 unspecified atom stereocenters. The predicted octanol–water partition coefficient (Wildman–Crippen LogP) is 2.43. The number of carbonyl (C=O) groups is 1. The monoisotopic (exact) mass is 242 g/mol. The first-order chi connectivity index (χ1) is 7.16. The van der Waals surface area contributed by atoms with E-state index in [0.717, 1.165) is 12.8 Å². The van der Waals surface area contributed by atoms with Gasteiger partial charge in [0.1, 0.15) is 5.78 Å². The maximum Gasteiger partial charge on any atom is 0.148 e. The summed E-state index contributed by atoms with van der Waals surface area (Å²) >= 11 is 5.78. The maximum atomic E-state index is 11.8. The fraction of sp³-hybridized carbons (Fsp3) is 0.364. The molecule has 4 heteroatoms. The summed E-state index contributed by atoms with van der Waals surface area (Å²) in [6.07, 6.45) is 1.93. The van der Waals surface area contributed by atoms with Gasteiger partial charge < -0.3 is 0 Å². The minimum atomic E-state index is -1.24. The Kier molecular flexibility index (Phi) is 3.22. The molecule has 1 aromatic rings. The largest absolute Gasteiger partial charge is 0.298 e. The SMILES string of the molecule is O=C(CS(=O)c1cccc(Cl)c1)C1CC1. The van der Waals surface area contributed by atoms with Gasteiger partial charge in [-0.05, 0) is 31.0 Å². The van der Waals surface area contributed by atoms with Crippen LogP contribution in [0.25, 0.3) is 0 Å². The van der Waals surface area contributed by atoms with Gasteiger partial charge in [0.05, 0.1) is 16.6 Å². The van der Waals surface area contributed by atoms with Crippen LogP contribution >= 0.6 is 11.6 Å². The molecule has 0 heterocycles. The molecule has 0 aromatic heterocycles. The van der Waals surface area contributed by atoms with Crippen LogP contribution < -0.4 is 0 Å². The van der Waals surface area contributed by atoms with Crippen molar-refractivity contribution in [1.29, 1.82) is 0 Å². The topological polar surface area (TPSA) is 34.1 Å². The molecule has 80 valence electrons. The zero-order chi connectivity index (χ0) is 10.8. The Labute approximate surface area is 96.1 Å².